The van der Waals surface area contributed by atoms with E-state index < -0.39 is 11.3 Å². The molecule has 1 aromatic heterocycles. The summed E-state index contributed by atoms with van der Waals surface area (Å²) in [5.41, 5.74) is 0.116. The Labute approximate surface area is 140 Å². The molecule has 0 fully saturated rings. The lowest BCUT2D eigenvalue weighted by molar-refractivity contribution is -0.138. The van der Waals surface area contributed by atoms with Gasteiger partial charge in [-0.3, -0.25) is 9.59 Å². The monoisotopic (exact) mass is 334 g/mol. The maximum atomic E-state index is 12.5. The van der Waals surface area contributed by atoms with Crippen LogP contribution in [-0.4, -0.2) is 11.8 Å². The first-order chi connectivity index (χ1) is 10.8. The van der Waals surface area contributed by atoms with E-state index in [0.29, 0.717) is 16.5 Å². The molecule has 0 bridgehead atoms. The number of rotatable bonds is 5. The van der Waals surface area contributed by atoms with Gasteiger partial charge in [0.05, 0.1) is 12.8 Å². The molecule has 0 aliphatic heterocycles. The molecule has 6 heteroatoms. The fourth-order valence-electron chi connectivity index (χ4n) is 1.93. The number of anilines is 1. The number of hydrogen-bond donors (Lipinski definition) is 2. The number of hydrogen-bond acceptors (Lipinski definition) is 3. The van der Waals surface area contributed by atoms with Crippen LogP contribution in [0.1, 0.15) is 25.2 Å². The SMILES string of the molecule is Cc1c(Cl)cccc1NC(=O)C(C)(C)C(=O)NCc1ccco1. The van der Waals surface area contributed by atoms with Gasteiger partial charge in [-0.2, -0.15) is 0 Å². The van der Waals surface area contributed by atoms with Crippen LogP contribution < -0.4 is 10.6 Å². The summed E-state index contributed by atoms with van der Waals surface area (Å²) in [4.78, 5) is 24.8. The van der Waals surface area contributed by atoms with Crippen LogP contribution in [0.5, 0.6) is 0 Å². The summed E-state index contributed by atoms with van der Waals surface area (Å²) in [7, 11) is 0. The zero-order chi connectivity index (χ0) is 17.0. The van der Waals surface area contributed by atoms with E-state index in [1.54, 1.807) is 44.2 Å². The van der Waals surface area contributed by atoms with Crippen molar-refractivity contribution >= 4 is 29.1 Å². The molecule has 0 aliphatic rings. The van der Waals surface area contributed by atoms with Crippen molar-refractivity contribution in [2.24, 2.45) is 5.41 Å². The number of halogens is 1. The average molecular weight is 335 g/mol. The first kappa shape index (κ1) is 17.1. The van der Waals surface area contributed by atoms with Crippen LogP contribution in [0, 0.1) is 12.3 Å². The number of nitrogens with one attached hydrogen (secondary N) is 2. The molecule has 2 aromatic rings. The van der Waals surface area contributed by atoms with Crippen molar-refractivity contribution in [2.75, 3.05) is 5.32 Å². The molecule has 2 amide bonds. The van der Waals surface area contributed by atoms with Gasteiger partial charge in [0.15, 0.2) is 0 Å². The minimum absolute atomic E-state index is 0.235. The lowest BCUT2D eigenvalue weighted by atomic mass is 9.90. The number of carbonyl (C=O) groups is 2. The minimum atomic E-state index is -1.23. The first-order valence-corrected chi connectivity index (χ1v) is 7.57. The van der Waals surface area contributed by atoms with E-state index in [4.69, 9.17) is 16.0 Å². The van der Waals surface area contributed by atoms with Gasteiger partial charge in [0.25, 0.3) is 0 Å². The molecule has 2 N–H and O–H groups in total. The van der Waals surface area contributed by atoms with E-state index in [-0.39, 0.29) is 12.5 Å². The molecule has 2 rings (SSSR count). The highest BCUT2D eigenvalue weighted by molar-refractivity contribution is 6.31. The predicted molar refractivity (Wildman–Crippen MR) is 89.2 cm³/mol. The highest BCUT2D eigenvalue weighted by Gasteiger charge is 2.36. The van der Waals surface area contributed by atoms with Gasteiger partial charge < -0.3 is 15.1 Å². The van der Waals surface area contributed by atoms with Crippen LogP contribution in [0.25, 0.3) is 0 Å². The number of carbonyl (C=O) groups excluding carboxylic acids is 2. The standard InChI is InChI=1S/C17H19ClN2O3/c1-11-13(18)7-4-8-14(11)20-16(22)17(2,3)15(21)19-10-12-6-5-9-23-12/h4-9H,10H2,1-3H3,(H,19,21)(H,20,22). The maximum absolute atomic E-state index is 12.5. The van der Waals surface area contributed by atoms with E-state index in [1.807, 2.05) is 6.92 Å². The molecule has 0 saturated heterocycles. The fraction of sp³-hybridized carbons (Fsp3) is 0.294. The van der Waals surface area contributed by atoms with E-state index in [1.165, 1.54) is 6.26 Å². The molecule has 0 radical (unpaired) electrons. The van der Waals surface area contributed by atoms with Crippen molar-refractivity contribution in [2.45, 2.75) is 27.3 Å². The molecule has 0 saturated carbocycles. The fourth-order valence-corrected chi connectivity index (χ4v) is 2.10. The van der Waals surface area contributed by atoms with Gasteiger partial charge in [-0.05, 0) is 50.6 Å². The van der Waals surface area contributed by atoms with Gasteiger partial charge in [-0.25, -0.2) is 0 Å². The van der Waals surface area contributed by atoms with Gasteiger partial charge in [0.1, 0.15) is 11.2 Å². The van der Waals surface area contributed by atoms with Gasteiger partial charge in [0, 0.05) is 10.7 Å². The second-order valence-corrected chi connectivity index (χ2v) is 6.16. The van der Waals surface area contributed by atoms with Crippen molar-refractivity contribution in [1.82, 2.24) is 5.32 Å². The molecule has 5 nitrogen and oxygen atoms in total. The molecule has 0 atom stereocenters. The average Bonchev–Trinajstić information content (AvgIpc) is 3.02. The summed E-state index contributed by atoms with van der Waals surface area (Å²) >= 11 is 6.04. The molecule has 0 aliphatic carbocycles. The first-order valence-electron chi connectivity index (χ1n) is 7.19. The summed E-state index contributed by atoms with van der Waals surface area (Å²) in [6.07, 6.45) is 1.53. The number of amides is 2. The summed E-state index contributed by atoms with van der Waals surface area (Å²) in [6, 6.07) is 8.72. The van der Waals surface area contributed by atoms with Gasteiger partial charge >= 0.3 is 0 Å². The number of benzene rings is 1. The Morgan fingerprint density at radius 3 is 2.57 bits per heavy atom. The van der Waals surface area contributed by atoms with Gasteiger partial charge in [-0.15, -0.1) is 0 Å². The van der Waals surface area contributed by atoms with E-state index in [9.17, 15) is 9.59 Å². The third kappa shape index (κ3) is 3.93. The highest BCUT2D eigenvalue weighted by Crippen LogP contribution is 2.25. The van der Waals surface area contributed by atoms with Crippen molar-refractivity contribution < 1.29 is 14.0 Å². The highest BCUT2D eigenvalue weighted by atomic mass is 35.5. The Hall–Kier alpha value is -2.27. The Morgan fingerprint density at radius 2 is 1.91 bits per heavy atom. The Balaban J connectivity index is 2.04. The van der Waals surface area contributed by atoms with Crippen LogP contribution in [0.15, 0.2) is 41.0 Å². The second kappa shape index (κ2) is 6.87. The van der Waals surface area contributed by atoms with Crippen molar-refractivity contribution in [1.29, 1.82) is 0 Å². The summed E-state index contributed by atoms with van der Waals surface area (Å²) in [6.45, 7) is 5.18. The summed E-state index contributed by atoms with van der Waals surface area (Å²) < 4.78 is 5.15. The number of furan rings is 1. The second-order valence-electron chi connectivity index (χ2n) is 5.75. The van der Waals surface area contributed by atoms with Crippen LogP contribution in [0.3, 0.4) is 0 Å². The van der Waals surface area contributed by atoms with Crippen molar-refractivity contribution in [3.63, 3.8) is 0 Å². The van der Waals surface area contributed by atoms with E-state index >= 15 is 0 Å². The molecule has 1 aromatic carbocycles. The van der Waals surface area contributed by atoms with Crippen molar-refractivity contribution in [3.05, 3.63) is 52.9 Å². The van der Waals surface area contributed by atoms with Gasteiger partial charge in [-0.1, -0.05) is 17.7 Å². The van der Waals surface area contributed by atoms with Crippen LogP contribution in [0.4, 0.5) is 5.69 Å². The third-order valence-electron chi connectivity index (χ3n) is 3.65. The zero-order valence-electron chi connectivity index (χ0n) is 13.3. The van der Waals surface area contributed by atoms with Crippen LogP contribution in [-0.2, 0) is 16.1 Å². The Bertz CT molecular complexity index is 709. The maximum Gasteiger partial charge on any atom is 0.239 e. The quantitative estimate of drug-likeness (QED) is 0.822. The topological polar surface area (TPSA) is 71.3 Å². The largest absolute Gasteiger partial charge is 0.467 e. The van der Waals surface area contributed by atoms with Crippen molar-refractivity contribution in [3.8, 4) is 0 Å². The molecular weight excluding hydrogens is 316 g/mol. The molecule has 0 unspecified atom stereocenters. The summed E-state index contributed by atoms with van der Waals surface area (Å²) in [5.74, 6) is -0.161. The molecule has 1 heterocycles. The molecular formula is C17H19ClN2O3. The summed E-state index contributed by atoms with van der Waals surface area (Å²) in [5, 5.41) is 6.01. The Kier molecular flexibility index (Phi) is 5.11. The predicted octanol–water partition coefficient (Wildman–Crippen LogP) is 3.52. The molecule has 23 heavy (non-hydrogen) atoms. The Morgan fingerprint density at radius 1 is 1.17 bits per heavy atom. The molecule has 0 spiro atoms. The van der Waals surface area contributed by atoms with Gasteiger partial charge in [0.2, 0.25) is 11.8 Å². The van der Waals surface area contributed by atoms with Crippen LogP contribution in [0.2, 0.25) is 5.02 Å². The lowest BCUT2D eigenvalue weighted by Gasteiger charge is -2.23. The zero-order valence-corrected chi connectivity index (χ0v) is 14.0. The third-order valence-corrected chi connectivity index (χ3v) is 4.06. The van der Waals surface area contributed by atoms with Crippen LogP contribution >= 0.6 is 11.6 Å². The van der Waals surface area contributed by atoms with E-state index in [0.717, 1.165) is 5.56 Å². The minimum Gasteiger partial charge on any atom is -0.467 e. The smallest absolute Gasteiger partial charge is 0.239 e. The molecule has 122 valence electrons. The normalized spacial score (nSPS) is 11.1. The van der Waals surface area contributed by atoms with E-state index in [2.05, 4.69) is 10.6 Å². The lowest BCUT2D eigenvalue weighted by Crippen LogP contribution is -2.44.